The van der Waals surface area contributed by atoms with E-state index in [0.29, 0.717) is 11.8 Å². The molecule has 3 rings (SSSR count). The van der Waals surface area contributed by atoms with Gasteiger partial charge in [0.1, 0.15) is 5.82 Å². The second-order valence-electron chi connectivity index (χ2n) is 5.29. The van der Waals surface area contributed by atoms with E-state index in [-0.39, 0.29) is 0 Å². The van der Waals surface area contributed by atoms with Gasteiger partial charge in [-0.3, -0.25) is 0 Å². The summed E-state index contributed by atoms with van der Waals surface area (Å²) in [6.45, 7) is 5.24. The van der Waals surface area contributed by atoms with Gasteiger partial charge in [-0.15, -0.1) is 22.9 Å². The minimum Gasteiger partial charge on any atom is -0.327 e. The third-order valence-corrected chi connectivity index (χ3v) is 4.89. The number of imidazole rings is 1. The average molecular weight is 320 g/mol. The lowest BCUT2D eigenvalue weighted by Gasteiger charge is -2.14. The summed E-state index contributed by atoms with van der Waals surface area (Å²) < 4.78 is 2.32. The quantitative estimate of drug-likeness (QED) is 0.653. The van der Waals surface area contributed by atoms with Crippen LogP contribution in [0.1, 0.15) is 29.2 Å². The number of hydrogen-bond acceptors (Lipinski definition) is 3. The number of alkyl halides is 1. The van der Waals surface area contributed by atoms with Gasteiger partial charge in [-0.25, -0.2) is 9.97 Å². The summed E-state index contributed by atoms with van der Waals surface area (Å²) in [5.41, 5.74) is 3.54. The molecular formula is C16H18ClN3S. The number of benzene rings is 1. The van der Waals surface area contributed by atoms with Gasteiger partial charge < -0.3 is 4.57 Å². The summed E-state index contributed by atoms with van der Waals surface area (Å²) in [5.74, 6) is 2.03. The fraction of sp³-hybridized carbons (Fsp3) is 0.375. The first kappa shape index (κ1) is 14.5. The van der Waals surface area contributed by atoms with Crippen LogP contribution in [0.4, 0.5) is 0 Å². The maximum Gasteiger partial charge on any atom is 0.111 e. The first-order valence-corrected chi connectivity index (χ1v) is 8.52. The first-order chi connectivity index (χ1) is 10.2. The molecule has 1 atom stereocenters. The van der Waals surface area contributed by atoms with Crippen LogP contribution in [0.3, 0.4) is 0 Å². The molecule has 0 N–H and O–H groups in total. The van der Waals surface area contributed by atoms with Crippen LogP contribution >= 0.6 is 22.9 Å². The second-order valence-corrected chi connectivity index (χ2v) is 6.60. The van der Waals surface area contributed by atoms with Gasteiger partial charge in [0.25, 0.3) is 0 Å². The maximum atomic E-state index is 5.95. The Hall–Kier alpha value is -1.39. The number of para-hydroxylation sites is 1. The standard InChI is InChI=1S/C16H18ClN3S/c1-11-4-3-5-13-15(11)20(14(19-13)6-7-17)10-12(2)16-18-8-9-21-16/h3-5,8-9,12H,6-7,10H2,1-2H3. The van der Waals surface area contributed by atoms with Crippen molar-refractivity contribution < 1.29 is 0 Å². The molecule has 2 aromatic heterocycles. The van der Waals surface area contributed by atoms with Crippen LogP contribution in [-0.2, 0) is 13.0 Å². The van der Waals surface area contributed by atoms with E-state index in [0.717, 1.165) is 24.3 Å². The van der Waals surface area contributed by atoms with Crippen molar-refractivity contribution in [1.29, 1.82) is 0 Å². The highest BCUT2D eigenvalue weighted by Crippen LogP contribution is 2.26. The molecule has 0 saturated carbocycles. The minimum atomic E-state index is 0.371. The Kier molecular flexibility index (Phi) is 4.27. The highest BCUT2D eigenvalue weighted by Gasteiger charge is 2.16. The van der Waals surface area contributed by atoms with Gasteiger partial charge in [-0.2, -0.15) is 0 Å². The van der Waals surface area contributed by atoms with Gasteiger partial charge in [0.2, 0.25) is 0 Å². The van der Waals surface area contributed by atoms with Crippen LogP contribution in [0.5, 0.6) is 0 Å². The van der Waals surface area contributed by atoms with Crippen molar-refractivity contribution in [2.45, 2.75) is 32.7 Å². The highest BCUT2D eigenvalue weighted by atomic mass is 35.5. The van der Waals surface area contributed by atoms with Crippen LogP contribution in [0, 0.1) is 6.92 Å². The molecule has 3 nitrogen and oxygen atoms in total. The van der Waals surface area contributed by atoms with E-state index < -0.39 is 0 Å². The summed E-state index contributed by atoms with van der Waals surface area (Å²) in [4.78, 5) is 9.19. The molecule has 0 fully saturated rings. The monoisotopic (exact) mass is 319 g/mol. The molecule has 1 unspecified atom stereocenters. The number of aryl methyl sites for hydroxylation is 2. The zero-order chi connectivity index (χ0) is 14.8. The third kappa shape index (κ3) is 2.83. The van der Waals surface area contributed by atoms with Crippen LogP contribution in [0.2, 0.25) is 0 Å². The van der Waals surface area contributed by atoms with Gasteiger partial charge >= 0.3 is 0 Å². The maximum absolute atomic E-state index is 5.95. The smallest absolute Gasteiger partial charge is 0.111 e. The fourth-order valence-corrected chi connectivity index (χ4v) is 3.57. The molecule has 0 saturated heterocycles. The molecule has 3 aromatic rings. The van der Waals surface area contributed by atoms with E-state index in [1.807, 2.05) is 11.6 Å². The molecule has 0 aliphatic heterocycles. The Morgan fingerprint density at radius 3 is 2.95 bits per heavy atom. The Bertz CT molecular complexity index is 733. The number of nitrogens with zero attached hydrogens (tertiary/aromatic N) is 3. The molecular weight excluding hydrogens is 302 g/mol. The molecule has 0 spiro atoms. The van der Waals surface area contributed by atoms with Crippen LogP contribution in [-0.4, -0.2) is 20.4 Å². The van der Waals surface area contributed by atoms with Gasteiger partial charge in [-0.1, -0.05) is 19.1 Å². The number of fused-ring (bicyclic) bond motifs is 1. The van der Waals surface area contributed by atoms with E-state index in [4.69, 9.17) is 16.6 Å². The number of halogens is 1. The molecule has 0 radical (unpaired) electrons. The van der Waals surface area contributed by atoms with Crippen LogP contribution in [0.15, 0.2) is 29.8 Å². The Morgan fingerprint density at radius 2 is 2.24 bits per heavy atom. The molecule has 110 valence electrons. The average Bonchev–Trinajstić information content (AvgIpc) is 3.09. The van der Waals surface area contributed by atoms with E-state index in [9.17, 15) is 0 Å². The Balaban J connectivity index is 2.04. The van der Waals surface area contributed by atoms with E-state index >= 15 is 0 Å². The van der Waals surface area contributed by atoms with Crippen molar-refractivity contribution in [1.82, 2.24) is 14.5 Å². The first-order valence-electron chi connectivity index (χ1n) is 7.10. The number of rotatable bonds is 5. The predicted octanol–water partition coefficient (Wildman–Crippen LogP) is 4.39. The van der Waals surface area contributed by atoms with Gasteiger partial charge in [0.15, 0.2) is 0 Å². The van der Waals surface area contributed by atoms with Gasteiger partial charge in [0.05, 0.1) is 16.0 Å². The summed E-state index contributed by atoms with van der Waals surface area (Å²) in [6, 6.07) is 6.27. The molecule has 0 amide bonds. The van der Waals surface area contributed by atoms with E-state index in [1.165, 1.54) is 16.1 Å². The summed E-state index contributed by atoms with van der Waals surface area (Å²) in [5, 5.41) is 3.20. The van der Waals surface area contributed by atoms with Crippen molar-refractivity contribution in [3.05, 3.63) is 46.2 Å². The molecule has 21 heavy (non-hydrogen) atoms. The van der Waals surface area contributed by atoms with Crippen molar-refractivity contribution in [3.8, 4) is 0 Å². The highest BCUT2D eigenvalue weighted by molar-refractivity contribution is 7.09. The molecule has 2 heterocycles. The lowest BCUT2D eigenvalue weighted by atomic mass is 10.1. The summed E-state index contributed by atoms with van der Waals surface area (Å²) in [6.07, 6.45) is 2.66. The molecule has 0 aliphatic rings. The molecule has 0 aliphatic carbocycles. The van der Waals surface area contributed by atoms with Crippen molar-refractivity contribution in [2.24, 2.45) is 0 Å². The second kappa shape index (κ2) is 6.16. The van der Waals surface area contributed by atoms with E-state index in [1.54, 1.807) is 11.3 Å². The SMILES string of the molecule is Cc1cccc2nc(CCCl)n(CC(C)c3nccs3)c12. The Labute approximate surface area is 133 Å². The van der Waals surface area contributed by atoms with Crippen LogP contribution < -0.4 is 0 Å². The number of thiazole rings is 1. The predicted molar refractivity (Wildman–Crippen MR) is 89.4 cm³/mol. The van der Waals surface area contributed by atoms with Crippen molar-refractivity contribution >= 4 is 34.0 Å². The summed E-state index contributed by atoms with van der Waals surface area (Å²) in [7, 11) is 0. The van der Waals surface area contributed by atoms with Crippen LogP contribution in [0.25, 0.3) is 11.0 Å². The summed E-state index contributed by atoms with van der Waals surface area (Å²) >= 11 is 7.66. The van der Waals surface area contributed by atoms with Crippen molar-refractivity contribution in [2.75, 3.05) is 5.88 Å². The van der Waals surface area contributed by atoms with Gasteiger partial charge in [-0.05, 0) is 18.6 Å². The molecule has 0 bridgehead atoms. The van der Waals surface area contributed by atoms with Gasteiger partial charge in [0, 0.05) is 36.3 Å². The van der Waals surface area contributed by atoms with E-state index in [2.05, 4.69) is 41.6 Å². The minimum absolute atomic E-state index is 0.371. The largest absolute Gasteiger partial charge is 0.327 e. The zero-order valence-electron chi connectivity index (χ0n) is 12.2. The van der Waals surface area contributed by atoms with Crippen molar-refractivity contribution in [3.63, 3.8) is 0 Å². The number of hydrogen-bond donors (Lipinski definition) is 0. The lowest BCUT2D eigenvalue weighted by Crippen LogP contribution is -2.10. The lowest BCUT2D eigenvalue weighted by molar-refractivity contribution is 0.585. The fourth-order valence-electron chi connectivity index (χ4n) is 2.72. The molecule has 5 heteroatoms. The zero-order valence-corrected chi connectivity index (χ0v) is 13.8. The normalized spacial score (nSPS) is 12.9. The molecule has 1 aromatic carbocycles. The third-order valence-electron chi connectivity index (χ3n) is 3.69. The Morgan fingerprint density at radius 1 is 1.38 bits per heavy atom. The number of aromatic nitrogens is 3. The topological polar surface area (TPSA) is 30.7 Å².